The molecule has 0 bridgehead atoms. The van der Waals surface area contributed by atoms with Crippen LogP contribution >= 0.6 is 0 Å². The van der Waals surface area contributed by atoms with Crippen LogP contribution in [0.25, 0.3) is 21.9 Å². The first-order valence-electron chi connectivity index (χ1n) is 6.99. The van der Waals surface area contributed by atoms with E-state index in [1.54, 1.807) is 0 Å². The Bertz CT molecular complexity index is 756. The predicted molar refractivity (Wildman–Crippen MR) is 84.2 cm³/mol. The number of anilines is 1. The van der Waals surface area contributed by atoms with E-state index in [0.29, 0.717) is 5.92 Å². The highest BCUT2D eigenvalue weighted by Crippen LogP contribution is 2.30. The monoisotopic (exact) mass is 268 g/mol. The first kappa shape index (κ1) is 12.9. The van der Waals surface area contributed by atoms with E-state index < -0.39 is 0 Å². The predicted octanol–water partition coefficient (Wildman–Crippen LogP) is 3.31. The Hall–Kier alpha value is -2.10. The van der Waals surface area contributed by atoms with E-state index in [9.17, 15) is 0 Å². The highest BCUT2D eigenvalue weighted by molar-refractivity contribution is 6.06. The van der Waals surface area contributed by atoms with Crippen molar-refractivity contribution in [1.82, 2.24) is 14.5 Å². The average molecular weight is 268 g/mol. The molecule has 0 radical (unpaired) electrons. The summed E-state index contributed by atoms with van der Waals surface area (Å²) in [6, 6.07) is 8.28. The van der Waals surface area contributed by atoms with E-state index in [-0.39, 0.29) is 0 Å². The third-order valence-corrected chi connectivity index (χ3v) is 3.42. The molecular weight excluding hydrogens is 248 g/mol. The number of hydrogen-bond donors (Lipinski definition) is 0. The fraction of sp³-hybridized carbons (Fsp3) is 0.375. The SMILES string of the molecule is CC(C)Cn1cnc2c(N(C)C)nc3ccccc3c21. The van der Waals surface area contributed by atoms with Gasteiger partial charge in [-0.05, 0) is 12.0 Å². The summed E-state index contributed by atoms with van der Waals surface area (Å²) in [6.07, 6.45) is 1.94. The third kappa shape index (κ3) is 2.01. The van der Waals surface area contributed by atoms with Gasteiger partial charge in [0, 0.05) is 26.0 Å². The molecule has 4 heteroatoms. The van der Waals surface area contributed by atoms with Crippen LogP contribution in [0.5, 0.6) is 0 Å². The lowest BCUT2D eigenvalue weighted by molar-refractivity contribution is 0.533. The number of benzene rings is 1. The topological polar surface area (TPSA) is 34.0 Å². The van der Waals surface area contributed by atoms with Gasteiger partial charge in [-0.1, -0.05) is 32.0 Å². The highest BCUT2D eigenvalue weighted by Gasteiger charge is 2.15. The number of pyridine rings is 1. The van der Waals surface area contributed by atoms with Gasteiger partial charge in [0.2, 0.25) is 0 Å². The molecule has 0 saturated carbocycles. The summed E-state index contributed by atoms with van der Waals surface area (Å²) in [4.78, 5) is 11.4. The maximum absolute atomic E-state index is 4.75. The molecule has 0 aliphatic carbocycles. The van der Waals surface area contributed by atoms with Crippen LogP contribution in [0.4, 0.5) is 5.82 Å². The van der Waals surface area contributed by atoms with Gasteiger partial charge < -0.3 is 9.47 Å². The molecule has 0 amide bonds. The van der Waals surface area contributed by atoms with E-state index in [2.05, 4.69) is 41.6 Å². The summed E-state index contributed by atoms with van der Waals surface area (Å²) in [5.74, 6) is 1.52. The lowest BCUT2D eigenvalue weighted by atomic mass is 10.1. The number of rotatable bonds is 3. The minimum atomic E-state index is 0.585. The smallest absolute Gasteiger partial charge is 0.156 e. The molecule has 104 valence electrons. The largest absolute Gasteiger partial charge is 0.361 e. The van der Waals surface area contributed by atoms with E-state index >= 15 is 0 Å². The van der Waals surface area contributed by atoms with Crippen molar-refractivity contribution in [2.45, 2.75) is 20.4 Å². The summed E-state index contributed by atoms with van der Waals surface area (Å²) in [5, 5.41) is 1.17. The van der Waals surface area contributed by atoms with Gasteiger partial charge >= 0.3 is 0 Å². The summed E-state index contributed by atoms with van der Waals surface area (Å²) >= 11 is 0. The minimum Gasteiger partial charge on any atom is -0.361 e. The number of hydrogen-bond acceptors (Lipinski definition) is 3. The summed E-state index contributed by atoms with van der Waals surface area (Å²) in [5.41, 5.74) is 3.19. The molecule has 0 atom stereocenters. The zero-order valence-corrected chi connectivity index (χ0v) is 12.5. The fourth-order valence-corrected chi connectivity index (χ4v) is 2.61. The second-order valence-corrected chi connectivity index (χ2v) is 5.83. The number of fused-ring (bicyclic) bond motifs is 3. The molecule has 3 rings (SSSR count). The van der Waals surface area contributed by atoms with Gasteiger partial charge in [0.15, 0.2) is 5.82 Å². The number of aromatic nitrogens is 3. The van der Waals surface area contributed by atoms with Crippen LogP contribution in [0.15, 0.2) is 30.6 Å². The quantitative estimate of drug-likeness (QED) is 0.731. The summed E-state index contributed by atoms with van der Waals surface area (Å²) in [6.45, 7) is 5.42. The second kappa shape index (κ2) is 4.78. The van der Waals surface area contributed by atoms with Crippen molar-refractivity contribution in [2.24, 2.45) is 5.92 Å². The van der Waals surface area contributed by atoms with Crippen molar-refractivity contribution in [3.63, 3.8) is 0 Å². The van der Waals surface area contributed by atoms with E-state index in [1.807, 2.05) is 31.4 Å². The Labute approximate surface area is 119 Å². The van der Waals surface area contributed by atoms with Gasteiger partial charge in [-0.25, -0.2) is 9.97 Å². The zero-order valence-electron chi connectivity index (χ0n) is 12.5. The van der Waals surface area contributed by atoms with Crippen LogP contribution in [0.2, 0.25) is 0 Å². The van der Waals surface area contributed by atoms with Crippen molar-refractivity contribution >= 4 is 27.8 Å². The van der Waals surface area contributed by atoms with Crippen LogP contribution in [0.1, 0.15) is 13.8 Å². The third-order valence-electron chi connectivity index (χ3n) is 3.42. The average Bonchev–Trinajstić information content (AvgIpc) is 2.81. The van der Waals surface area contributed by atoms with Gasteiger partial charge in [-0.15, -0.1) is 0 Å². The molecule has 0 fully saturated rings. The second-order valence-electron chi connectivity index (χ2n) is 5.83. The van der Waals surface area contributed by atoms with E-state index in [0.717, 1.165) is 23.4 Å². The summed E-state index contributed by atoms with van der Waals surface area (Å²) < 4.78 is 2.25. The van der Waals surface area contributed by atoms with Crippen molar-refractivity contribution in [2.75, 3.05) is 19.0 Å². The molecule has 2 heterocycles. The van der Waals surface area contributed by atoms with Crippen molar-refractivity contribution in [3.8, 4) is 0 Å². The number of para-hydroxylation sites is 1. The number of imidazole rings is 1. The molecule has 3 aromatic rings. The van der Waals surface area contributed by atoms with Gasteiger partial charge in [0.25, 0.3) is 0 Å². The Kier molecular flexibility index (Phi) is 3.08. The Morgan fingerprint density at radius 2 is 1.95 bits per heavy atom. The molecule has 0 aliphatic heterocycles. The molecule has 0 unspecified atom stereocenters. The van der Waals surface area contributed by atoms with Crippen LogP contribution in [-0.2, 0) is 6.54 Å². The van der Waals surface area contributed by atoms with Gasteiger partial charge in [-0.3, -0.25) is 0 Å². The Morgan fingerprint density at radius 3 is 2.65 bits per heavy atom. The van der Waals surface area contributed by atoms with Crippen molar-refractivity contribution in [3.05, 3.63) is 30.6 Å². The van der Waals surface area contributed by atoms with E-state index in [1.165, 1.54) is 10.9 Å². The van der Waals surface area contributed by atoms with Crippen LogP contribution in [0, 0.1) is 5.92 Å². The number of nitrogens with zero attached hydrogens (tertiary/aromatic N) is 4. The van der Waals surface area contributed by atoms with Gasteiger partial charge in [0.1, 0.15) is 5.52 Å². The molecule has 0 spiro atoms. The fourth-order valence-electron chi connectivity index (χ4n) is 2.61. The zero-order chi connectivity index (χ0) is 14.3. The van der Waals surface area contributed by atoms with Gasteiger partial charge in [-0.2, -0.15) is 0 Å². The molecule has 0 aliphatic rings. The summed E-state index contributed by atoms with van der Waals surface area (Å²) in [7, 11) is 4.02. The lowest BCUT2D eigenvalue weighted by Crippen LogP contribution is -2.12. The molecule has 1 aromatic carbocycles. The first-order chi connectivity index (χ1) is 9.58. The molecule has 0 N–H and O–H groups in total. The maximum atomic E-state index is 4.75. The first-order valence-corrected chi connectivity index (χ1v) is 6.99. The lowest BCUT2D eigenvalue weighted by Gasteiger charge is -2.15. The Morgan fingerprint density at radius 1 is 1.20 bits per heavy atom. The normalized spacial score (nSPS) is 11.7. The molecule has 20 heavy (non-hydrogen) atoms. The van der Waals surface area contributed by atoms with Crippen molar-refractivity contribution in [1.29, 1.82) is 0 Å². The van der Waals surface area contributed by atoms with Crippen LogP contribution in [0.3, 0.4) is 0 Å². The minimum absolute atomic E-state index is 0.585. The van der Waals surface area contributed by atoms with Gasteiger partial charge in [0.05, 0.1) is 17.4 Å². The van der Waals surface area contributed by atoms with E-state index in [4.69, 9.17) is 4.98 Å². The maximum Gasteiger partial charge on any atom is 0.156 e. The molecule has 4 nitrogen and oxygen atoms in total. The molecule has 0 saturated heterocycles. The Balaban J connectivity index is 2.39. The molecular formula is C16H20N4. The standard InChI is InChI=1S/C16H20N4/c1-11(2)9-20-10-17-14-15(20)12-7-5-6-8-13(12)18-16(14)19(3)4/h5-8,10-11H,9H2,1-4H3. The molecule has 2 aromatic heterocycles. The highest BCUT2D eigenvalue weighted by atomic mass is 15.2. The van der Waals surface area contributed by atoms with Crippen molar-refractivity contribution < 1.29 is 0 Å². The van der Waals surface area contributed by atoms with Crippen LogP contribution < -0.4 is 4.90 Å². The van der Waals surface area contributed by atoms with Crippen LogP contribution in [-0.4, -0.2) is 28.6 Å².